The number of hydrogen-bond acceptors (Lipinski definition) is 4. The third kappa shape index (κ3) is 6.13. The molecule has 1 heterocycles. The number of carbonyl (C=O) groups excluding carboxylic acids is 2. The van der Waals surface area contributed by atoms with Crippen molar-refractivity contribution in [3.63, 3.8) is 0 Å². The molecule has 1 aromatic heterocycles. The number of rotatable bonds is 7. The second kappa shape index (κ2) is 9.86. The van der Waals surface area contributed by atoms with Crippen LogP contribution in [0.5, 0.6) is 0 Å². The fourth-order valence-corrected chi connectivity index (χ4v) is 3.04. The van der Waals surface area contributed by atoms with Crippen LogP contribution in [0.25, 0.3) is 11.1 Å². The van der Waals surface area contributed by atoms with Gasteiger partial charge in [-0.3, -0.25) is 19.4 Å². The van der Waals surface area contributed by atoms with E-state index in [1.165, 1.54) is 12.3 Å². The molecule has 3 N–H and O–H groups in total. The Hall–Kier alpha value is -3.71. The highest BCUT2D eigenvalue weighted by Gasteiger charge is 2.12. The molecule has 0 saturated heterocycles. The maximum absolute atomic E-state index is 12.6. The minimum absolute atomic E-state index is 0.0192. The number of halogens is 1. The van der Waals surface area contributed by atoms with Crippen LogP contribution < -0.4 is 10.6 Å². The molecule has 0 unspecified atom stereocenters. The number of carboxylic acids is 1. The zero-order valence-electron chi connectivity index (χ0n) is 16.7. The summed E-state index contributed by atoms with van der Waals surface area (Å²) in [5.74, 6) is -1.75. The lowest BCUT2D eigenvalue weighted by Gasteiger charge is -2.09. The molecule has 0 aliphatic heterocycles. The van der Waals surface area contributed by atoms with Gasteiger partial charge in [-0.2, -0.15) is 0 Å². The van der Waals surface area contributed by atoms with E-state index in [-0.39, 0.29) is 24.6 Å². The van der Waals surface area contributed by atoms with Crippen LogP contribution in [-0.2, 0) is 4.79 Å². The first-order valence-corrected chi connectivity index (χ1v) is 9.84. The van der Waals surface area contributed by atoms with Crippen molar-refractivity contribution in [1.82, 2.24) is 10.3 Å². The number of nitrogens with zero attached hydrogens (tertiary/aromatic N) is 1. The van der Waals surface area contributed by atoms with Crippen LogP contribution >= 0.6 is 11.6 Å². The van der Waals surface area contributed by atoms with Crippen LogP contribution in [0.4, 0.5) is 5.69 Å². The number of aromatic nitrogens is 1. The minimum Gasteiger partial charge on any atom is -0.481 e. The molecular weight excluding hydrogens is 418 g/mol. The number of hydrogen-bond donors (Lipinski definition) is 3. The molecule has 0 radical (unpaired) electrons. The summed E-state index contributed by atoms with van der Waals surface area (Å²) >= 11 is 6.22. The quantitative estimate of drug-likeness (QED) is 0.514. The zero-order chi connectivity index (χ0) is 22.4. The number of aliphatic carboxylic acids is 1. The molecule has 0 spiro atoms. The molecule has 8 heteroatoms. The molecule has 0 aliphatic rings. The summed E-state index contributed by atoms with van der Waals surface area (Å²) in [5.41, 5.74) is 3.67. The molecule has 3 rings (SSSR count). The third-order valence-electron chi connectivity index (χ3n) is 4.42. The molecule has 7 nitrogen and oxygen atoms in total. The van der Waals surface area contributed by atoms with Gasteiger partial charge in [-0.15, -0.1) is 0 Å². The third-order valence-corrected chi connectivity index (χ3v) is 4.64. The fraction of sp³-hybridized carbons (Fsp3) is 0.130. The van der Waals surface area contributed by atoms with Crippen molar-refractivity contribution in [3.8, 4) is 11.1 Å². The highest BCUT2D eigenvalue weighted by Crippen LogP contribution is 2.25. The Morgan fingerprint density at radius 3 is 2.35 bits per heavy atom. The van der Waals surface area contributed by atoms with Crippen LogP contribution in [-0.4, -0.2) is 34.4 Å². The summed E-state index contributed by atoms with van der Waals surface area (Å²) in [6.45, 7) is 1.99. The molecular formula is C23H20ClN3O4. The molecule has 0 saturated carbocycles. The first-order chi connectivity index (χ1) is 14.8. The van der Waals surface area contributed by atoms with Crippen molar-refractivity contribution in [2.24, 2.45) is 0 Å². The van der Waals surface area contributed by atoms with Gasteiger partial charge in [-0.05, 0) is 48.9 Å². The molecule has 3 aromatic rings. The lowest BCUT2D eigenvalue weighted by Crippen LogP contribution is -2.26. The van der Waals surface area contributed by atoms with Gasteiger partial charge in [0, 0.05) is 34.6 Å². The number of pyridine rings is 1. The van der Waals surface area contributed by atoms with Crippen LogP contribution in [0.15, 0.2) is 60.8 Å². The summed E-state index contributed by atoms with van der Waals surface area (Å²) in [5, 5.41) is 14.3. The normalized spacial score (nSPS) is 10.4. The number of benzene rings is 2. The van der Waals surface area contributed by atoms with E-state index in [9.17, 15) is 14.4 Å². The Kier molecular flexibility index (Phi) is 6.99. The smallest absolute Gasteiger partial charge is 0.305 e. The van der Waals surface area contributed by atoms with Crippen LogP contribution in [0, 0.1) is 6.92 Å². The van der Waals surface area contributed by atoms with E-state index in [1.807, 2.05) is 31.2 Å². The van der Waals surface area contributed by atoms with Gasteiger partial charge in [0.1, 0.15) is 5.69 Å². The Labute approximate surface area is 184 Å². The molecule has 0 fully saturated rings. The van der Waals surface area contributed by atoms with Gasteiger partial charge >= 0.3 is 5.97 Å². The zero-order valence-corrected chi connectivity index (χ0v) is 17.4. The summed E-state index contributed by atoms with van der Waals surface area (Å²) < 4.78 is 0. The van der Waals surface area contributed by atoms with E-state index >= 15 is 0 Å². The molecule has 2 amide bonds. The molecule has 0 bridgehead atoms. The first kappa shape index (κ1) is 22.0. The van der Waals surface area contributed by atoms with E-state index in [0.29, 0.717) is 27.4 Å². The number of nitrogens with one attached hydrogen (secondary N) is 2. The summed E-state index contributed by atoms with van der Waals surface area (Å²) in [6, 6.07) is 15.6. The highest BCUT2D eigenvalue weighted by molar-refractivity contribution is 6.31. The van der Waals surface area contributed by atoms with Gasteiger partial charge in [-0.25, -0.2) is 0 Å². The van der Waals surface area contributed by atoms with Crippen molar-refractivity contribution in [1.29, 1.82) is 0 Å². The maximum atomic E-state index is 12.6. The van der Waals surface area contributed by atoms with E-state index in [2.05, 4.69) is 15.6 Å². The average Bonchev–Trinajstić information content (AvgIpc) is 2.74. The van der Waals surface area contributed by atoms with Crippen molar-refractivity contribution >= 4 is 35.1 Å². The van der Waals surface area contributed by atoms with Crippen molar-refractivity contribution in [3.05, 3.63) is 82.6 Å². The fourth-order valence-electron chi connectivity index (χ4n) is 2.80. The van der Waals surface area contributed by atoms with E-state index < -0.39 is 11.9 Å². The SMILES string of the molecule is Cc1ccc(NC(=O)c2cc(Cl)cc(-c3ccc(C(=O)NCCC(=O)O)nc3)c2)cc1. The molecule has 0 aliphatic carbocycles. The van der Waals surface area contributed by atoms with Crippen molar-refractivity contribution in [2.75, 3.05) is 11.9 Å². The largest absolute Gasteiger partial charge is 0.481 e. The van der Waals surface area contributed by atoms with E-state index in [4.69, 9.17) is 16.7 Å². The Bertz CT molecular complexity index is 1110. The van der Waals surface area contributed by atoms with E-state index in [0.717, 1.165) is 5.56 Å². The lowest BCUT2D eigenvalue weighted by atomic mass is 10.0. The van der Waals surface area contributed by atoms with Gasteiger partial charge in [0.05, 0.1) is 6.42 Å². The first-order valence-electron chi connectivity index (χ1n) is 9.47. The molecule has 2 aromatic carbocycles. The molecule has 0 atom stereocenters. The maximum Gasteiger partial charge on any atom is 0.305 e. The van der Waals surface area contributed by atoms with Gasteiger partial charge < -0.3 is 15.7 Å². The number of aryl methyl sites for hydroxylation is 1. The summed E-state index contributed by atoms with van der Waals surface area (Å²) in [7, 11) is 0. The Morgan fingerprint density at radius 2 is 1.71 bits per heavy atom. The number of anilines is 1. The van der Waals surface area contributed by atoms with Gasteiger partial charge in [0.2, 0.25) is 0 Å². The second-order valence-corrected chi connectivity index (χ2v) is 7.32. The van der Waals surface area contributed by atoms with Crippen LogP contribution in [0.3, 0.4) is 0 Å². The minimum atomic E-state index is -0.994. The Balaban J connectivity index is 1.74. The van der Waals surface area contributed by atoms with Crippen LogP contribution in [0.2, 0.25) is 5.02 Å². The number of amides is 2. The van der Waals surface area contributed by atoms with Gasteiger partial charge in [-0.1, -0.05) is 35.4 Å². The number of carbonyl (C=O) groups is 3. The number of carboxylic acid groups (broad SMARTS) is 1. The average molecular weight is 438 g/mol. The predicted octanol–water partition coefficient (Wildman–Crippen LogP) is 4.17. The standard InChI is InChI=1S/C23H20ClN3O4/c1-14-2-5-19(6-3-14)27-22(30)17-10-16(11-18(24)12-17)15-4-7-20(26-13-15)23(31)25-9-8-21(28)29/h2-7,10-13H,8-9H2,1H3,(H,25,31)(H,27,30)(H,28,29). The Morgan fingerprint density at radius 1 is 0.968 bits per heavy atom. The topological polar surface area (TPSA) is 108 Å². The molecule has 31 heavy (non-hydrogen) atoms. The van der Waals surface area contributed by atoms with E-state index in [1.54, 1.807) is 24.3 Å². The molecule has 158 valence electrons. The van der Waals surface area contributed by atoms with Crippen molar-refractivity contribution < 1.29 is 19.5 Å². The lowest BCUT2D eigenvalue weighted by molar-refractivity contribution is -0.136. The van der Waals surface area contributed by atoms with Gasteiger partial charge in [0.15, 0.2) is 0 Å². The van der Waals surface area contributed by atoms with Crippen LogP contribution in [0.1, 0.15) is 32.8 Å². The summed E-state index contributed by atoms with van der Waals surface area (Å²) in [6.07, 6.45) is 1.33. The van der Waals surface area contributed by atoms with Crippen molar-refractivity contribution in [2.45, 2.75) is 13.3 Å². The second-order valence-electron chi connectivity index (χ2n) is 6.88. The predicted molar refractivity (Wildman–Crippen MR) is 118 cm³/mol. The monoisotopic (exact) mass is 437 g/mol. The summed E-state index contributed by atoms with van der Waals surface area (Å²) in [4.78, 5) is 39.3. The highest BCUT2D eigenvalue weighted by atomic mass is 35.5. The van der Waals surface area contributed by atoms with Gasteiger partial charge in [0.25, 0.3) is 11.8 Å².